The van der Waals surface area contributed by atoms with Crippen molar-refractivity contribution in [3.63, 3.8) is 0 Å². The first-order valence-corrected chi connectivity index (χ1v) is 6.68. The lowest BCUT2D eigenvalue weighted by Gasteiger charge is -2.28. The van der Waals surface area contributed by atoms with Gasteiger partial charge in [-0.2, -0.15) is 0 Å². The molecule has 2 fully saturated rings. The summed E-state index contributed by atoms with van der Waals surface area (Å²) in [5.74, 6) is 0.228. The van der Waals surface area contributed by atoms with Crippen LogP contribution in [0.3, 0.4) is 0 Å². The summed E-state index contributed by atoms with van der Waals surface area (Å²) in [4.78, 5) is 13.1. The molecule has 2 rings (SSSR count). The van der Waals surface area contributed by atoms with E-state index in [1.54, 1.807) is 0 Å². The molecular weight excluding hydrogens is 202 g/mol. The van der Waals surface area contributed by atoms with Crippen LogP contribution < -0.4 is 0 Å². The van der Waals surface area contributed by atoms with Crippen molar-refractivity contribution in [2.75, 3.05) is 6.54 Å². The first-order valence-electron chi connectivity index (χ1n) is 6.68. The van der Waals surface area contributed by atoms with E-state index in [1.165, 1.54) is 38.5 Å². The first kappa shape index (κ1) is 11.9. The van der Waals surface area contributed by atoms with Gasteiger partial charge in [0, 0.05) is 18.6 Å². The number of carboxylic acid groups (broad SMARTS) is 1. The summed E-state index contributed by atoms with van der Waals surface area (Å²) >= 11 is 0. The molecule has 92 valence electrons. The molecule has 2 saturated carbocycles. The molecule has 3 nitrogen and oxygen atoms in total. The van der Waals surface area contributed by atoms with Gasteiger partial charge in [-0.1, -0.05) is 13.3 Å². The van der Waals surface area contributed by atoms with E-state index in [0.717, 1.165) is 12.5 Å². The predicted molar refractivity (Wildman–Crippen MR) is 63.4 cm³/mol. The normalized spacial score (nSPS) is 29.9. The zero-order chi connectivity index (χ0) is 11.5. The Balaban J connectivity index is 1.84. The lowest BCUT2D eigenvalue weighted by Crippen LogP contribution is -2.37. The number of nitrogens with zero attached hydrogens (tertiary/aromatic N) is 1. The van der Waals surface area contributed by atoms with Gasteiger partial charge in [-0.15, -0.1) is 0 Å². The highest BCUT2D eigenvalue weighted by Gasteiger charge is 2.37. The van der Waals surface area contributed by atoms with E-state index < -0.39 is 5.97 Å². The predicted octanol–water partition coefficient (Wildman–Crippen LogP) is 2.50. The molecular formula is C13H23NO2. The van der Waals surface area contributed by atoms with Crippen molar-refractivity contribution in [3.05, 3.63) is 0 Å². The zero-order valence-electron chi connectivity index (χ0n) is 10.2. The highest BCUT2D eigenvalue weighted by atomic mass is 16.4. The number of hydrogen-bond donors (Lipinski definition) is 1. The van der Waals surface area contributed by atoms with Crippen LogP contribution in [0.5, 0.6) is 0 Å². The molecule has 2 aliphatic carbocycles. The number of hydrogen-bond acceptors (Lipinski definition) is 2. The van der Waals surface area contributed by atoms with Crippen LogP contribution in [0.2, 0.25) is 0 Å². The molecule has 2 aliphatic rings. The van der Waals surface area contributed by atoms with Crippen molar-refractivity contribution >= 4 is 5.97 Å². The molecule has 1 N–H and O–H groups in total. The molecule has 0 bridgehead atoms. The molecule has 0 aromatic carbocycles. The van der Waals surface area contributed by atoms with Crippen LogP contribution >= 0.6 is 0 Å². The maximum atomic E-state index is 10.7. The minimum Gasteiger partial charge on any atom is -0.481 e. The molecule has 0 aliphatic heterocycles. The second-order valence-corrected chi connectivity index (χ2v) is 5.35. The summed E-state index contributed by atoms with van der Waals surface area (Å²) in [5, 5.41) is 8.78. The van der Waals surface area contributed by atoms with Crippen molar-refractivity contribution in [1.82, 2.24) is 4.90 Å². The summed E-state index contributed by atoms with van der Waals surface area (Å²) in [6.07, 6.45) is 8.09. The first-order chi connectivity index (χ1) is 7.70. The Hall–Kier alpha value is -0.570. The van der Waals surface area contributed by atoms with Crippen LogP contribution in [-0.2, 0) is 4.79 Å². The van der Waals surface area contributed by atoms with Gasteiger partial charge >= 0.3 is 5.97 Å². The standard InChI is InChI=1S/C13H23NO2/c1-2-10-3-4-12(9-10)14(11-5-6-11)8-7-13(15)16/h10-12H,2-9H2,1H3,(H,15,16). The molecule has 0 amide bonds. The van der Waals surface area contributed by atoms with Gasteiger partial charge in [0.15, 0.2) is 0 Å². The summed E-state index contributed by atoms with van der Waals surface area (Å²) < 4.78 is 0. The topological polar surface area (TPSA) is 40.5 Å². The fraction of sp³-hybridized carbons (Fsp3) is 0.923. The molecule has 0 spiro atoms. The largest absolute Gasteiger partial charge is 0.481 e. The summed E-state index contributed by atoms with van der Waals surface area (Å²) in [6.45, 7) is 3.03. The average molecular weight is 225 g/mol. The molecule has 0 heterocycles. The van der Waals surface area contributed by atoms with Crippen molar-refractivity contribution in [2.45, 2.75) is 64.0 Å². The van der Waals surface area contributed by atoms with E-state index in [4.69, 9.17) is 5.11 Å². The zero-order valence-corrected chi connectivity index (χ0v) is 10.2. The van der Waals surface area contributed by atoms with Gasteiger partial charge < -0.3 is 5.11 Å². The van der Waals surface area contributed by atoms with Crippen molar-refractivity contribution in [2.24, 2.45) is 5.92 Å². The van der Waals surface area contributed by atoms with Gasteiger partial charge in [0.05, 0.1) is 6.42 Å². The van der Waals surface area contributed by atoms with E-state index in [2.05, 4.69) is 11.8 Å². The van der Waals surface area contributed by atoms with Crippen molar-refractivity contribution < 1.29 is 9.90 Å². The smallest absolute Gasteiger partial charge is 0.304 e. The molecule has 2 unspecified atom stereocenters. The van der Waals surface area contributed by atoms with Crippen LogP contribution in [0, 0.1) is 5.92 Å². The van der Waals surface area contributed by atoms with Crippen LogP contribution in [0.25, 0.3) is 0 Å². The molecule has 2 atom stereocenters. The maximum Gasteiger partial charge on any atom is 0.304 e. The van der Waals surface area contributed by atoms with Gasteiger partial charge in [0.2, 0.25) is 0 Å². The van der Waals surface area contributed by atoms with E-state index in [1.807, 2.05) is 0 Å². The van der Waals surface area contributed by atoms with Crippen LogP contribution in [0.1, 0.15) is 51.9 Å². The van der Waals surface area contributed by atoms with Gasteiger partial charge in [-0.05, 0) is 38.0 Å². The maximum absolute atomic E-state index is 10.7. The summed E-state index contributed by atoms with van der Waals surface area (Å²) in [5.41, 5.74) is 0. The summed E-state index contributed by atoms with van der Waals surface area (Å²) in [6, 6.07) is 1.39. The van der Waals surface area contributed by atoms with E-state index in [-0.39, 0.29) is 0 Å². The molecule has 3 heteroatoms. The Morgan fingerprint density at radius 2 is 1.94 bits per heavy atom. The van der Waals surface area contributed by atoms with Crippen molar-refractivity contribution in [1.29, 1.82) is 0 Å². The minimum absolute atomic E-state index is 0.309. The van der Waals surface area contributed by atoms with Gasteiger partial charge in [-0.3, -0.25) is 9.69 Å². The van der Waals surface area contributed by atoms with E-state index >= 15 is 0 Å². The highest BCUT2D eigenvalue weighted by Crippen LogP contribution is 2.37. The molecule has 0 saturated heterocycles. The highest BCUT2D eigenvalue weighted by molar-refractivity contribution is 5.66. The van der Waals surface area contributed by atoms with E-state index in [9.17, 15) is 4.79 Å². The third-order valence-corrected chi connectivity index (χ3v) is 4.16. The Labute approximate surface area is 97.8 Å². The Bertz CT molecular complexity index is 250. The number of carboxylic acids is 1. The fourth-order valence-corrected chi connectivity index (χ4v) is 3.01. The van der Waals surface area contributed by atoms with Crippen LogP contribution in [-0.4, -0.2) is 34.6 Å². The lowest BCUT2D eigenvalue weighted by atomic mass is 10.1. The fourth-order valence-electron chi connectivity index (χ4n) is 3.01. The Morgan fingerprint density at radius 3 is 2.44 bits per heavy atom. The Morgan fingerprint density at radius 1 is 1.25 bits per heavy atom. The average Bonchev–Trinajstić information content (AvgIpc) is 2.96. The van der Waals surface area contributed by atoms with E-state index in [0.29, 0.717) is 18.5 Å². The number of aliphatic carboxylic acids is 1. The molecule has 0 aromatic heterocycles. The van der Waals surface area contributed by atoms with Crippen LogP contribution in [0.4, 0.5) is 0 Å². The monoisotopic (exact) mass is 225 g/mol. The minimum atomic E-state index is -0.657. The van der Waals surface area contributed by atoms with Gasteiger partial charge in [0.25, 0.3) is 0 Å². The molecule has 16 heavy (non-hydrogen) atoms. The van der Waals surface area contributed by atoms with Crippen molar-refractivity contribution in [3.8, 4) is 0 Å². The quantitative estimate of drug-likeness (QED) is 0.755. The molecule has 0 radical (unpaired) electrons. The second kappa shape index (κ2) is 5.17. The van der Waals surface area contributed by atoms with Gasteiger partial charge in [-0.25, -0.2) is 0 Å². The SMILES string of the molecule is CCC1CCC(N(CCC(=O)O)C2CC2)C1. The third kappa shape index (κ3) is 2.97. The second-order valence-electron chi connectivity index (χ2n) is 5.35. The lowest BCUT2D eigenvalue weighted by molar-refractivity contribution is -0.137. The van der Waals surface area contributed by atoms with Crippen LogP contribution in [0.15, 0.2) is 0 Å². The summed E-state index contributed by atoms with van der Waals surface area (Å²) in [7, 11) is 0. The molecule has 0 aromatic rings. The number of carbonyl (C=O) groups is 1. The van der Waals surface area contributed by atoms with Gasteiger partial charge in [0.1, 0.15) is 0 Å². The number of rotatable bonds is 6. The Kier molecular flexibility index (Phi) is 3.85. The third-order valence-electron chi connectivity index (χ3n) is 4.16.